The number of hydrogen-bond acceptors (Lipinski definition) is 2. The molecule has 0 aromatic heterocycles. The third-order valence-corrected chi connectivity index (χ3v) is 4.08. The van der Waals surface area contributed by atoms with Crippen molar-refractivity contribution < 1.29 is 58.1 Å². The molecule has 2 nitrogen and oxygen atoms in total. The zero-order valence-corrected chi connectivity index (χ0v) is 10.1. The van der Waals surface area contributed by atoms with E-state index in [-0.39, 0.29) is 7.11 Å². The largest absolute Gasteiger partial charge is 0.365 e. The molecule has 130 valence electrons. The van der Waals surface area contributed by atoms with Crippen LogP contribution in [-0.4, -0.2) is 59.2 Å². The normalized spacial score (nSPS) is 48.4. The van der Waals surface area contributed by atoms with Crippen molar-refractivity contribution >= 4 is 0 Å². The number of halogens is 11. The Kier molecular flexibility index (Phi) is 2.88. The Bertz CT molecular complexity index is 522. The molecule has 2 rings (SSSR count). The Balaban J connectivity index is 2.99. The summed E-state index contributed by atoms with van der Waals surface area (Å²) in [7, 11) is 0.0940. The molecule has 0 saturated heterocycles. The van der Waals surface area contributed by atoms with Crippen LogP contribution in [0.3, 0.4) is 0 Å². The molecule has 0 aromatic carbocycles. The molecule has 2 aliphatic rings. The quantitative estimate of drug-likeness (QED) is 0.610. The van der Waals surface area contributed by atoms with E-state index in [1.807, 2.05) is 0 Å². The van der Waals surface area contributed by atoms with Crippen molar-refractivity contribution in [2.45, 2.75) is 47.0 Å². The molecule has 1 N–H and O–H groups in total. The first kappa shape index (κ1) is 17.5. The van der Waals surface area contributed by atoms with Crippen LogP contribution in [-0.2, 0) is 4.74 Å². The Hall–Kier alpha value is -0.850. The Labute approximate surface area is 113 Å². The number of fused-ring (bicyclic) bond motifs is 2. The maximum absolute atomic E-state index is 14.1. The summed E-state index contributed by atoms with van der Waals surface area (Å²) in [5.41, 5.74) is -19.9. The molecule has 13 heteroatoms. The molecule has 2 aliphatic carbocycles. The fourth-order valence-electron chi connectivity index (χ4n) is 2.87. The van der Waals surface area contributed by atoms with Gasteiger partial charge in [0.25, 0.3) is 11.3 Å². The fourth-order valence-corrected chi connectivity index (χ4v) is 2.87. The predicted molar refractivity (Wildman–Crippen MR) is 44.3 cm³/mol. The summed E-state index contributed by atoms with van der Waals surface area (Å²) >= 11 is 0. The van der Waals surface area contributed by atoms with Crippen LogP contribution in [0.25, 0.3) is 0 Å². The molecule has 0 heterocycles. The van der Waals surface area contributed by atoms with Crippen molar-refractivity contribution in [2.75, 3.05) is 7.11 Å². The van der Waals surface area contributed by atoms with Gasteiger partial charge in [0.1, 0.15) is 0 Å². The minimum absolute atomic E-state index is 0.0940. The van der Waals surface area contributed by atoms with Crippen LogP contribution in [0.15, 0.2) is 0 Å². The molecule has 22 heavy (non-hydrogen) atoms. The Morgan fingerprint density at radius 2 is 1.00 bits per heavy atom. The maximum Gasteiger partial charge on any atom is 0.359 e. The molecule has 2 saturated carbocycles. The van der Waals surface area contributed by atoms with Crippen LogP contribution in [0, 0.1) is 0 Å². The minimum Gasteiger partial charge on any atom is -0.365 e. The van der Waals surface area contributed by atoms with E-state index in [9.17, 15) is 48.3 Å². The van der Waals surface area contributed by atoms with Gasteiger partial charge < -0.3 is 9.84 Å². The second-order valence-corrected chi connectivity index (χ2v) is 4.91. The van der Waals surface area contributed by atoms with Gasteiger partial charge in [-0.3, -0.25) is 0 Å². The van der Waals surface area contributed by atoms with E-state index < -0.39 is 47.0 Å². The number of aliphatic hydroxyl groups excluding tert-OH is 1. The lowest BCUT2D eigenvalue weighted by atomic mass is 9.74. The molecule has 2 fully saturated rings. The first-order valence-electron chi connectivity index (χ1n) is 5.27. The van der Waals surface area contributed by atoms with E-state index in [0.29, 0.717) is 0 Å². The van der Waals surface area contributed by atoms with E-state index in [2.05, 4.69) is 4.74 Å². The van der Waals surface area contributed by atoms with Crippen LogP contribution in [0.5, 0.6) is 0 Å². The molecular weight excluding hydrogens is 349 g/mol. The lowest BCUT2D eigenvalue weighted by Crippen LogP contribution is -2.78. The highest BCUT2D eigenvalue weighted by Crippen LogP contribution is 2.83. The molecule has 0 amide bonds. The summed E-state index contributed by atoms with van der Waals surface area (Å²) in [4.78, 5) is 0. The molecule has 4 atom stereocenters. The van der Waals surface area contributed by atoms with Crippen molar-refractivity contribution in [1.82, 2.24) is 0 Å². The summed E-state index contributed by atoms with van der Waals surface area (Å²) in [5.74, 6) is -27.5. The molecule has 0 spiro atoms. The average Bonchev–Trinajstić information content (AvgIpc) is 2.51. The molecule has 0 aliphatic heterocycles. The lowest BCUT2D eigenvalue weighted by Gasteiger charge is -2.47. The topological polar surface area (TPSA) is 29.5 Å². The highest BCUT2D eigenvalue weighted by Gasteiger charge is 3.17. The molecular formula is C9H5F11O2. The molecule has 4 unspecified atom stereocenters. The smallest absolute Gasteiger partial charge is 0.359 e. The second kappa shape index (κ2) is 3.62. The van der Waals surface area contributed by atoms with E-state index >= 15 is 0 Å². The van der Waals surface area contributed by atoms with Crippen LogP contribution >= 0.6 is 0 Å². The lowest BCUT2D eigenvalue weighted by molar-refractivity contribution is -0.403. The molecule has 0 aromatic rings. The van der Waals surface area contributed by atoms with Crippen molar-refractivity contribution in [3.63, 3.8) is 0 Å². The van der Waals surface area contributed by atoms with Gasteiger partial charge in [0.15, 0.2) is 6.29 Å². The Morgan fingerprint density at radius 1 is 0.636 bits per heavy atom. The average molecular weight is 354 g/mol. The van der Waals surface area contributed by atoms with E-state index in [1.165, 1.54) is 0 Å². The highest BCUT2D eigenvalue weighted by molar-refractivity contribution is 5.48. The summed E-state index contributed by atoms with van der Waals surface area (Å²) in [6.07, 6.45) is -4.09. The standard InChI is InChI=1S/C9H5F11O2/c1-22-2(21)3(10)4(11)7(15,16)5(12,6(3,13)14)9(19,20)8(4,17)18/h2,21H,1H3. The van der Waals surface area contributed by atoms with E-state index in [4.69, 9.17) is 5.11 Å². The SMILES string of the molecule is COC(O)C1(F)C(F)(F)C2(F)C(F)(F)C(F)(F)C1(F)C2(F)F. The second-order valence-electron chi connectivity index (χ2n) is 4.91. The van der Waals surface area contributed by atoms with Crippen molar-refractivity contribution in [2.24, 2.45) is 0 Å². The summed E-state index contributed by atoms with van der Waals surface area (Å²) in [6.45, 7) is 0. The van der Waals surface area contributed by atoms with Gasteiger partial charge in [-0.1, -0.05) is 0 Å². The van der Waals surface area contributed by atoms with Crippen LogP contribution < -0.4 is 0 Å². The third kappa shape index (κ3) is 1.01. The number of ether oxygens (including phenoxy) is 1. The highest BCUT2D eigenvalue weighted by atomic mass is 19.3. The summed E-state index contributed by atoms with van der Waals surface area (Å²) < 4.78 is 152. The van der Waals surface area contributed by atoms with Gasteiger partial charge >= 0.3 is 29.4 Å². The van der Waals surface area contributed by atoms with E-state index in [1.54, 1.807) is 0 Å². The molecule has 2 bridgehead atoms. The first-order valence-corrected chi connectivity index (χ1v) is 5.27. The fraction of sp³-hybridized carbons (Fsp3) is 1.00. The minimum atomic E-state index is -6.97. The van der Waals surface area contributed by atoms with Gasteiger partial charge in [0, 0.05) is 7.11 Å². The van der Waals surface area contributed by atoms with Gasteiger partial charge in [0.2, 0.25) is 0 Å². The number of rotatable bonds is 2. The van der Waals surface area contributed by atoms with Gasteiger partial charge in [-0.25, -0.2) is 13.2 Å². The van der Waals surface area contributed by atoms with Crippen molar-refractivity contribution in [1.29, 1.82) is 0 Å². The zero-order valence-electron chi connectivity index (χ0n) is 10.1. The van der Waals surface area contributed by atoms with Crippen LogP contribution in [0.2, 0.25) is 0 Å². The van der Waals surface area contributed by atoms with E-state index in [0.717, 1.165) is 0 Å². The van der Waals surface area contributed by atoms with Gasteiger partial charge in [0.05, 0.1) is 0 Å². The maximum atomic E-state index is 14.1. The predicted octanol–water partition coefficient (Wildman–Crippen LogP) is 2.64. The summed E-state index contributed by atoms with van der Waals surface area (Å²) in [6, 6.07) is 0. The van der Waals surface area contributed by atoms with Crippen LogP contribution in [0.1, 0.15) is 0 Å². The number of methoxy groups -OCH3 is 1. The first-order chi connectivity index (χ1) is 9.48. The van der Waals surface area contributed by atoms with Crippen molar-refractivity contribution in [3.05, 3.63) is 0 Å². The number of alkyl halides is 11. The monoisotopic (exact) mass is 354 g/mol. The summed E-state index contributed by atoms with van der Waals surface area (Å²) in [5, 5.41) is 8.79. The van der Waals surface area contributed by atoms with Crippen molar-refractivity contribution in [3.8, 4) is 0 Å². The zero-order chi connectivity index (χ0) is 17.8. The number of aliphatic hydroxyl groups is 1. The number of hydrogen-bond donors (Lipinski definition) is 1. The Morgan fingerprint density at radius 3 is 1.32 bits per heavy atom. The van der Waals surface area contributed by atoms with Crippen LogP contribution in [0.4, 0.5) is 48.3 Å². The third-order valence-electron chi connectivity index (χ3n) is 4.08. The molecule has 0 radical (unpaired) electrons. The van der Waals surface area contributed by atoms with Gasteiger partial charge in [-0.2, -0.15) is 35.1 Å². The van der Waals surface area contributed by atoms with Gasteiger partial charge in [-0.15, -0.1) is 0 Å². The van der Waals surface area contributed by atoms with Gasteiger partial charge in [-0.05, 0) is 0 Å².